The van der Waals surface area contributed by atoms with E-state index in [0.717, 1.165) is 32.6 Å². The first-order valence-electron chi connectivity index (χ1n) is 14.7. The minimum Gasteiger partial charge on any atom is -0.378 e. The topological polar surface area (TPSA) is 114 Å². The number of fused-ring (bicyclic) bond motifs is 9. The van der Waals surface area contributed by atoms with Crippen LogP contribution in [0.4, 0.5) is 0 Å². The van der Waals surface area contributed by atoms with Crippen molar-refractivity contribution >= 4 is 102 Å². The van der Waals surface area contributed by atoms with Gasteiger partial charge in [-0.3, -0.25) is 9.20 Å². The van der Waals surface area contributed by atoms with Crippen LogP contribution in [0.5, 0.6) is 5.75 Å². The molecule has 0 spiro atoms. The summed E-state index contributed by atoms with van der Waals surface area (Å²) in [6.45, 7) is 0. The van der Waals surface area contributed by atoms with E-state index in [2.05, 4.69) is 4.98 Å². The third-order valence-corrected chi connectivity index (χ3v) is 11.3. The molecule has 0 saturated heterocycles. The molecule has 0 saturated carbocycles. The van der Waals surface area contributed by atoms with Crippen molar-refractivity contribution in [2.45, 2.75) is 4.90 Å². The van der Waals surface area contributed by atoms with Crippen LogP contribution in [0.2, 0.25) is 0 Å². The van der Waals surface area contributed by atoms with Gasteiger partial charge in [-0.25, -0.2) is 4.79 Å². The number of imidazole rings is 2. The largest absolute Gasteiger partial charge is 0.378 e. The molecule has 46 heavy (non-hydrogen) atoms. The summed E-state index contributed by atoms with van der Waals surface area (Å²) in [4.78, 5) is 36.5. The van der Waals surface area contributed by atoms with Gasteiger partial charge in [0, 0.05) is 43.1 Å². The molecule has 1 N–H and O–H groups in total. The average molecular weight is 616 g/mol. The highest BCUT2D eigenvalue weighted by atomic mass is 32.2. The molecule has 3 aliphatic rings. The van der Waals surface area contributed by atoms with Gasteiger partial charge in [0.2, 0.25) is 5.52 Å². The Bertz CT molecular complexity index is 3460. The normalized spacial score (nSPS) is 14.8. The number of nitrogens with zero attached hydrogens (tertiary/aromatic N) is 3. The number of hydrogen-bond acceptors (Lipinski definition) is 6. The van der Waals surface area contributed by atoms with Gasteiger partial charge in [0.25, 0.3) is 5.56 Å². The Hall–Kier alpha value is -6.13. The number of aromatic nitrogens is 4. The zero-order chi connectivity index (χ0) is 30.4. The number of para-hydroxylation sites is 4. The van der Waals surface area contributed by atoms with Crippen molar-refractivity contribution in [3.05, 3.63) is 106 Å². The smallest absolute Gasteiger partial charge is 0.347 e. The van der Waals surface area contributed by atoms with Crippen molar-refractivity contribution in [3.8, 4) is 11.6 Å². The van der Waals surface area contributed by atoms with E-state index in [0.29, 0.717) is 65.6 Å². The van der Waals surface area contributed by atoms with Crippen LogP contribution < -0.4 is 19.9 Å². The highest BCUT2D eigenvalue weighted by molar-refractivity contribution is 7.87. The first-order chi connectivity index (χ1) is 22.4. The molecule has 9 nitrogen and oxygen atoms in total. The summed E-state index contributed by atoms with van der Waals surface area (Å²) in [5, 5.41) is 7.78. The molecule has 0 bridgehead atoms. The summed E-state index contributed by atoms with van der Waals surface area (Å²) in [5.41, 5.74) is 2.98. The fraction of sp³-hybridized carbons (Fsp3) is 0. The van der Waals surface area contributed by atoms with E-state index in [1.807, 2.05) is 72.8 Å². The summed E-state index contributed by atoms with van der Waals surface area (Å²) in [7, 11) is -4.30. The van der Waals surface area contributed by atoms with Crippen LogP contribution in [0.15, 0.2) is 99.4 Å². The van der Waals surface area contributed by atoms with Crippen LogP contribution in [-0.4, -0.2) is 22.8 Å². The molecule has 0 radical (unpaired) electrons. The van der Waals surface area contributed by atoms with Crippen molar-refractivity contribution in [3.63, 3.8) is 0 Å². The molecule has 12 rings (SSSR count). The van der Waals surface area contributed by atoms with E-state index in [1.165, 1.54) is 0 Å². The summed E-state index contributed by atoms with van der Waals surface area (Å²) in [6, 6.07) is 25.7. The Morgan fingerprint density at radius 2 is 1.41 bits per heavy atom. The Balaban J connectivity index is 1.42. The van der Waals surface area contributed by atoms with E-state index >= 15 is 0 Å². The maximum absolute atomic E-state index is 14.1. The van der Waals surface area contributed by atoms with Crippen LogP contribution in [-0.2, 0) is 10.1 Å². The molecular weight excluding hydrogens is 600 g/mol. The Morgan fingerprint density at radius 3 is 2.28 bits per heavy atom. The van der Waals surface area contributed by atoms with Gasteiger partial charge in [-0.2, -0.15) is 8.42 Å². The zero-order valence-electron chi connectivity index (χ0n) is 23.4. The second kappa shape index (κ2) is 7.06. The van der Waals surface area contributed by atoms with E-state index in [-0.39, 0.29) is 21.8 Å². The fourth-order valence-electron chi connectivity index (χ4n) is 8.30. The van der Waals surface area contributed by atoms with Gasteiger partial charge >= 0.3 is 21.5 Å². The molecular formula is C36H15N4O5S+. The predicted octanol–water partition coefficient (Wildman–Crippen LogP) is 5.72. The van der Waals surface area contributed by atoms with Crippen LogP contribution in [0.25, 0.3) is 98.2 Å². The molecule has 2 aromatic heterocycles. The van der Waals surface area contributed by atoms with Crippen molar-refractivity contribution < 1.29 is 17.2 Å². The van der Waals surface area contributed by atoms with E-state index < -0.39 is 10.1 Å². The van der Waals surface area contributed by atoms with Gasteiger partial charge < -0.3 is 9.17 Å². The number of benzene rings is 7. The molecule has 0 atom stereocenters. The third kappa shape index (κ3) is 2.32. The highest BCUT2D eigenvalue weighted by Gasteiger charge is 2.37. The van der Waals surface area contributed by atoms with E-state index in [9.17, 15) is 18.0 Å². The van der Waals surface area contributed by atoms with Gasteiger partial charge in [0.15, 0.2) is 11.3 Å². The summed E-state index contributed by atoms with van der Waals surface area (Å²) in [6.07, 6.45) is 0. The number of aromatic amines is 1. The highest BCUT2D eigenvalue weighted by Crippen LogP contribution is 2.53. The van der Waals surface area contributed by atoms with Crippen molar-refractivity contribution in [2.75, 3.05) is 0 Å². The van der Waals surface area contributed by atoms with Crippen LogP contribution in [0.1, 0.15) is 0 Å². The maximum atomic E-state index is 14.1. The number of pyridine rings is 2. The first-order valence-corrected chi connectivity index (χ1v) is 16.1. The van der Waals surface area contributed by atoms with Gasteiger partial charge in [-0.15, -0.1) is 4.57 Å². The molecule has 7 aromatic carbocycles. The second-order valence-corrected chi connectivity index (χ2v) is 13.7. The molecule has 10 heteroatoms. The number of hydrogen-bond donors (Lipinski definition) is 1. The summed E-state index contributed by atoms with van der Waals surface area (Å²) >= 11 is 0. The standard InChI is InChI=1S/C36H14N4O5S/c41-35-17-11-9-15-16-10-12-18-28-20(34-38-22-6-2-4-8-24(22)40(34)36(18)42)14-26-32(30(16)28)31-25(45-46(26,43)44)13-19(27(17)29(15)31)33-37-21-5-1-3-7-23(21)39(33)35/h1-14H/p+1. The van der Waals surface area contributed by atoms with Crippen LogP contribution in [0, 0.1) is 0 Å². The fourth-order valence-corrected chi connectivity index (χ4v) is 9.48. The van der Waals surface area contributed by atoms with Gasteiger partial charge in [-0.1, -0.05) is 36.4 Å². The lowest BCUT2D eigenvalue weighted by atomic mass is 9.85. The maximum Gasteiger partial charge on any atom is 0.347 e. The molecule has 5 heterocycles. The third-order valence-electron chi connectivity index (χ3n) is 10.0. The predicted molar refractivity (Wildman–Crippen MR) is 176 cm³/mol. The van der Waals surface area contributed by atoms with Gasteiger partial charge in [0.05, 0.1) is 21.8 Å². The first kappa shape index (κ1) is 23.3. The number of nitrogens with one attached hydrogen (secondary N) is 1. The molecule has 0 aliphatic carbocycles. The summed E-state index contributed by atoms with van der Waals surface area (Å²) < 4.78 is 37.3. The summed E-state index contributed by atoms with van der Waals surface area (Å²) in [5.74, 6) is 0.582. The van der Waals surface area contributed by atoms with Crippen molar-refractivity contribution in [1.82, 2.24) is 14.4 Å². The lowest BCUT2D eigenvalue weighted by molar-refractivity contribution is -0.580. The SMILES string of the molecule is O=c1c2ccc3c4ccc5c(=O)[n+]6c7ccccc7nc-6c6cc7c(c8c(cc(c2c38)c2[nH]c3ccccc3n12)OS7(=O)=O)c4c65. The Kier molecular flexibility index (Phi) is 3.57. The lowest BCUT2D eigenvalue weighted by Gasteiger charge is -2.25. The molecule has 214 valence electrons. The average Bonchev–Trinajstić information content (AvgIpc) is 3.65. The van der Waals surface area contributed by atoms with Crippen molar-refractivity contribution in [2.24, 2.45) is 0 Å². The molecule has 0 amide bonds. The van der Waals surface area contributed by atoms with Gasteiger partial charge in [-0.05, 0) is 64.3 Å². The Morgan fingerprint density at radius 1 is 0.696 bits per heavy atom. The van der Waals surface area contributed by atoms with E-state index in [1.54, 1.807) is 21.1 Å². The number of rotatable bonds is 0. The number of H-pyrrole nitrogens is 1. The van der Waals surface area contributed by atoms with Crippen LogP contribution >= 0.6 is 0 Å². The molecule has 3 aliphatic heterocycles. The monoisotopic (exact) mass is 615 g/mol. The van der Waals surface area contributed by atoms with E-state index in [4.69, 9.17) is 9.17 Å². The molecule has 9 aromatic rings. The zero-order valence-corrected chi connectivity index (χ0v) is 24.2. The van der Waals surface area contributed by atoms with Gasteiger partial charge in [0.1, 0.15) is 10.5 Å². The molecule has 0 unspecified atom stereocenters. The quantitative estimate of drug-likeness (QED) is 0.101. The van der Waals surface area contributed by atoms with Crippen LogP contribution in [0.3, 0.4) is 0 Å². The minimum absolute atomic E-state index is 0.0167. The minimum atomic E-state index is -4.30. The molecule has 0 fully saturated rings. The lowest BCUT2D eigenvalue weighted by Crippen LogP contribution is -2.47. The van der Waals surface area contributed by atoms with Crippen molar-refractivity contribution in [1.29, 1.82) is 0 Å². The Labute approximate surface area is 255 Å². The second-order valence-electron chi connectivity index (χ2n) is 12.1.